The summed E-state index contributed by atoms with van der Waals surface area (Å²) < 4.78 is 15.3. The normalized spacial score (nSPS) is 17.2. The zero-order valence-corrected chi connectivity index (χ0v) is 13.8. The van der Waals surface area contributed by atoms with Gasteiger partial charge in [0.15, 0.2) is 0 Å². The summed E-state index contributed by atoms with van der Waals surface area (Å²) in [7, 11) is 0. The Balaban J connectivity index is 1.77. The van der Waals surface area contributed by atoms with E-state index in [1.807, 2.05) is 36.6 Å². The fourth-order valence-corrected chi connectivity index (χ4v) is 2.30. The average Bonchev–Trinajstić information content (AvgIpc) is 3.40. The minimum Gasteiger partial charge on any atom is -0.461 e. The Bertz CT molecular complexity index is 506. The summed E-state index contributed by atoms with van der Waals surface area (Å²) in [5.74, 6) is 0.282. The second-order valence-electron chi connectivity index (χ2n) is 5.13. The number of thioether (sulfide) groups is 1. The number of carbonyl (C=O) groups excluding carboxylic acids is 2. The van der Waals surface area contributed by atoms with Crippen molar-refractivity contribution >= 4 is 23.8 Å². The minimum atomic E-state index is -0.704. The number of nitrogens with one attached hydrogen (secondary N) is 1. The predicted molar refractivity (Wildman–Crippen MR) is 87.2 cm³/mol. The third-order valence-electron chi connectivity index (χ3n) is 3.21. The molecule has 1 amide bonds. The van der Waals surface area contributed by atoms with Gasteiger partial charge in [0.25, 0.3) is 0 Å². The largest absolute Gasteiger partial charge is 0.461 e. The third kappa shape index (κ3) is 6.92. The predicted octanol–water partition coefficient (Wildman–Crippen LogP) is 1.98. The zero-order valence-electron chi connectivity index (χ0n) is 13.0. The fourth-order valence-electron chi connectivity index (χ4n) is 1.83. The molecule has 0 saturated carbocycles. The molecule has 0 aromatic heterocycles. The summed E-state index contributed by atoms with van der Waals surface area (Å²) >= 11 is 1.60. The minimum absolute atomic E-state index is 0.00480. The molecule has 1 heterocycles. The van der Waals surface area contributed by atoms with Crippen LogP contribution >= 0.6 is 11.8 Å². The lowest BCUT2D eigenvalue weighted by atomic mass is 10.2. The van der Waals surface area contributed by atoms with Gasteiger partial charge in [-0.1, -0.05) is 30.3 Å². The number of rotatable bonds is 9. The van der Waals surface area contributed by atoms with Crippen molar-refractivity contribution in [3.8, 4) is 0 Å². The first-order valence-corrected chi connectivity index (χ1v) is 8.83. The van der Waals surface area contributed by atoms with Gasteiger partial charge in [0, 0.05) is 0 Å². The molecule has 1 aliphatic heterocycles. The molecule has 0 bridgehead atoms. The first-order valence-electron chi connectivity index (χ1n) is 7.43. The molecule has 0 radical (unpaired) electrons. The Morgan fingerprint density at radius 3 is 2.74 bits per heavy atom. The van der Waals surface area contributed by atoms with Gasteiger partial charge in [-0.15, -0.1) is 0 Å². The van der Waals surface area contributed by atoms with Gasteiger partial charge < -0.3 is 19.5 Å². The van der Waals surface area contributed by atoms with E-state index >= 15 is 0 Å². The van der Waals surface area contributed by atoms with Gasteiger partial charge in [-0.05, 0) is 24.0 Å². The maximum absolute atomic E-state index is 12.0. The van der Waals surface area contributed by atoms with Crippen molar-refractivity contribution in [3.05, 3.63) is 35.9 Å². The van der Waals surface area contributed by atoms with Crippen LogP contribution in [0.5, 0.6) is 0 Å². The number of alkyl carbamates (subject to hydrolysis) is 1. The van der Waals surface area contributed by atoms with Crippen LogP contribution in [0.2, 0.25) is 0 Å². The van der Waals surface area contributed by atoms with Gasteiger partial charge in [0.05, 0.1) is 6.61 Å². The van der Waals surface area contributed by atoms with Gasteiger partial charge in [-0.25, -0.2) is 9.59 Å². The van der Waals surface area contributed by atoms with E-state index in [-0.39, 0.29) is 19.3 Å². The number of hydrogen-bond donors (Lipinski definition) is 1. The molecule has 1 aromatic rings. The summed E-state index contributed by atoms with van der Waals surface area (Å²) in [6.07, 6.45) is 1.81. The van der Waals surface area contributed by atoms with Crippen LogP contribution in [0.15, 0.2) is 30.3 Å². The summed E-state index contributed by atoms with van der Waals surface area (Å²) in [5.41, 5.74) is 0.886. The average molecular weight is 339 g/mol. The summed E-state index contributed by atoms with van der Waals surface area (Å²) in [4.78, 5) is 23.9. The van der Waals surface area contributed by atoms with E-state index in [4.69, 9.17) is 14.2 Å². The second-order valence-corrected chi connectivity index (χ2v) is 6.11. The van der Waals surface area contributed by atoms with Gasteiger partial charge in [-0.2, -0.15) is 11.8 Å². The highest BCUT2D eigenvalue weighted by atomic mass is 32.2. The number of benzene rings is 1. The van der Waals surface area contributed by atoms with Crippen LogP contribution in [-0.2, 0) is 25.6 Å². The molecule has 126 valence electrons. The third-order valence-corrected chi connectivity index (χ3v) is 3.86. The SMILES string of the molecule is CSCC[C@H](NC(=O)OCc1ccccc1)C(=O)OCC1CO1. The van der Waals surface area contributed by atoms with Crippen LogP contribution in [0.3, 0.4) is 0 Å². The van der Waals surface area contributed by atoms with E-state index in [0.717, 1.165) is 11.3 Å². The first-order chi connectivity index (χ1) is 11.2. The molecule has 7 heteroatoms. The van der Waals surface area contributed by atoms with Gasteiger partial charge >= 0.3 is 12.1 Å². The van der Waals surface area contributed by atoms with Crippen molar-refractivity contribution in [3.63, 3.8) is 0 Å². The lowest BCUT2D eigenvalue weighted by molar-refractivity contribution is -0.146. The van der Waals surface area contributed by atoms with Crippen LogP contribution in [0.1, 0.15) is 12.0 Å². The molecule has 23 heavy (non-hydrogen) atoms. The second kappa shape index (κ2) is 9.42. The van der Waals surface area contributed by atoms with Gasteiger partial charge in [0.1, 0.15) is 25.4 Å². The van der Waals surface area contributed by atoms with Crippen LogP contribution in [0.4, 0.5) is 4.79 Å². The number of esters is 1. The monoisotopic (exact) mass is 339 g/mol. The Morgan fingerprint density at radius 2 is 2.09 bits per heavy atom. The van der Waals surface area contributed by atoms with Gasteiger partial charge in [0.2, 0.25) is 0 Å². The van der Waals surface area contributed by atoms with E-state index in [9.17, 15) is 9.59 Å². The number of amides is 1. The molecule has 1 saturated heterocycles. The number of epoxide rings is 1. The molecule has 0 spiro atoms. The highest BCUT2D eigenvalue weighted by Gasteiger charge is 2.28. The van der Waals surface area contributed by atoms with Crippen molar-refractivity contribution in [2.75, 3.05) is 25.2 Å². The Hall–Kier alpha value is -1.73. The summed E-state index contributed by atoms with van der Waals surface area (Å²) in [5, 5.41) is 2.58. The molecule has 6 nitrogen and oxygen atoms in total. The quantitative estimate of drug-likeness (QED) is 0.547. The number of hydrogen-bond acceptors (Lipinski definition) is 6. The maximum atomic E-state index is 12.0. The standard InChI is InChI=1S/C16H21NO5S/c1-23-8-7-14(15(18)21-11-13-10-20-13)17-16(19)22-9-12-5-3-2-4-6-12/h2-6,13-14H,7-11H2,1H3,(H,17,19)/t13?,14-/m0/s1. The van der Waals surface area contributed by atoms with Gasteiger partial charge in [-0.3, -0.25) is 0 Å². The molecule has 1 N–H and O–H groups in total. The van der Waals surface area contributed by atoms with Crippen molar-refractivity contribution in [2.45, 2.75) is 25.2 Å². The molecule has 1 fully saturated rings. The molecule has 1 unspecified atom stereocenters. The molecule has 2 atom stereocenters. The summed E-state index contributed by atoms with van der Waals surface area (Å²) in [6, 6.07) is 8.65. The first kappa shape index (κ1) is 17.6. The van der Waals surface area contributed by atoms with E-state index in [0.29, 0.717) is 13.0 Å². The molecule has 0 aliphatic carbocycles. The molecular weight excluding hydrogens is 318 g/mol. The highest BCUT2D eigenvalue weighted by molar-refractivity contribution is 7.98. The van der Waals surface area contributed by atoms with Crippen LogP contribution in [0, 0.1) is 0 Å². The fraction of sp³-hybridized carbons (Fsp3) is 0.500. The van der Waals surface area contributed by atoms with Crippen molar-refractivity contribution < 1.29 is 23.8 Å². The van der Waals surface area contributed by atoms with Crippen molar-refractivity contribution in [2.24, 2.45) is 0 Å². The highest BCUT2D eigenvalue weighted by Crippen LogP contribution is 2.10. The van der Waals surface area contributed by atoms with Crippen LogP contribution < -0.4 is 5.32 Å². The molecule has 1 aromatic carbocycles. The van der Waals surface area contributed by atoms with E-state index in [1.54, 1.807) is 11.8 Å². The number of carbonyl (C=O) groups is 2. The summed E-state index contributed by atoms with van der Waals surface area (Å²) in [6.45, 7) is 1.01. The zero-order chi connectivity index (χ0) is 16.5. The Kier molecular flexibility index (Phi) is 7.22. The molecular formula is C16H21NO5S. The van der Waals surface area contributed by atoms with E-state index < -0.39 is 18.1 Å². The lowest BCUT2D eigenvalue weighted by Crippen LogP contribution is -2.42. The van der Waals surface area contributed by atoms with E-state index in [1.165, 1.54) is 0 Å². The van der Waals surface area contributed by atoms with E-state index in [2.05, 4.69) is 5.32 Å². The Morgan fingerprint density at radius 1 is 1.35 bits per heavy atom. The lowest BCUT2D eigenvalue weighted by Gasteiger charge is -2.17. The van der Waals surface area contributed by atoms with Crippen LogP contribution in [-0.4, -0.2) is 49.4 Å². The van der Waals surface area contributed by atoms with Crippen molar-refractivity contribution in [1.82, 2.24) is 5.32 Å². The Labute approximate surface area is 139 Å². The molecule has 2 rings (SSSR count). The number of ether oxygens (including phenoxy) is 3. The smallest absolute Gasteiger partial charge is 0.408 e. The van der Waals surface area contributed by atoms with Crippen molar-refractivity contribution in [1.29, 1.82) is 0 Å². The van der Waals surface area contributed by atoms with Crippen LogP contribution in [0.25, 0.3) is 0 Å². The topological polar surface area (TPSA) is 77.2 Å². The maximum Gasteiger partial charge on any atom is 0.408 e. The molecule has 1 aliphatic rings.